The van der Waals surface area contributed by atoms with E-state index in [1.807, 2.05) is 6.92 Å². The number of carbonyl (C=O) groups is 2. The van der Waals surface area contributed by atoms with Crippen molar-refractivity contribution in [1.82, 2.24) is 4.90 Å². The molecule has 8 heteroatoms. The van der Waals surface area contributed by atoms with Crippen LogP contribution < -0.4 is 14.8 Å². The summed E-state index contributed by atoms with van der Waals surface area (Å²) in [5, 5.41) is 3.50. The zero-order chi connectivity index (χ0) is 20.7. The maximum atomic E-state index is 13.1. The third-order valence-corrected chi connectivity index (χ3v) is 4.52. The lowest BCUT2D eigenvalue weighted by Gasteiger charge is -2.23. The van der Waals surface area contributed by atoms with Crippen LogP contribution in [0.15, 0.2) is 36.4 Å². The summed E-state index contributed by atoms with van der Waals surface area (Å²) >= 11 is 12.0. The standard InChI is InChI=1S/C20H22Cl2N2O4/c1-4-9-24(12-19(25)23-17-10-13(21)5-7-16(17)22)20(26)15-11-14(27-2)6-8-18(15)28-3/h5-8,10-11H,4,9,12H2,1-3H3,(H,23,25). The third-order valence-electron chi connectivity index (χ3n) is 3.95. The normalized spacial score (nSPS) is 10.3. The summed E-state index contributed by atoms with van der Waals surface area (Å²) in [4.78, 5) is 27.0. The number of methoxy groups -OCH3 is 2. The predicted octanol–water partition coefficient (Wildman–Crippen LogP) is 4.50. The fourth-order valence-electron chi connectivity index (χ4n) is 2.63. The molecule has 0 spiro atoms. The summed E-state index contributed by atoms with van der Waals surface area (Å²) < 4.78 is 10.5. The highest BCUT2D eigenvalue weighted by molar-refractivity contribution is 6.35. The van der Waals surface area contributed by atoms with Crippen molar-refractivity contribution < 1.29 is 19.1 Å². The van der Waals surface area contributed by atoms with Gasteiger partial charge in [0.25, 0.3) is 5.91 Å². The van der Waals surface area contributed by atoms with Crippen LogP contribution in [0.25, 0.3) is 0 Å². The van der Waals surface area contributed by atoms with E-state index in [0.29, 0.717) is 45.8 Å². The van der Waals surface area contributed by atoms with E-state index in [4.69, 9.17) is 32.7 Å². The first-order chi connectivity index (χ1) is 13.4. The van der Waals surface area contributed by atoms with Gasteiger partial charge in [-0.2, -0.15) is 0 Å². The van der Waals surface area contributed by atoms with Crippen LogP contribution in [0.5, 0.6) is 11.5 Å². The molecule has 0 aliphatic rings. The van der Waals surface area contributed by atoms with Gasteiger partial charge in [0.1, 0.15) is 18.0 Å². The molecule has 0 fully saturated rings. The first kappa shape index (κ1) is 21.9. The second-order valence-corrected chi connectivity index (χ2v) is 6.81. The monoisotopic (exact) mass is 424 g/mol. The average Bonchev–Trinajstić information content (AvgIpc) is 2.69. The minimum Gasteiger partial charge on any atom is -0.497 e. The first-order valence-electron chi connectivity index (χ1n) is 8.65. The fraction of sp³-hybridized carbons (Fsp3) is 0.300. The van der Waals surface area contributed by atoms with Gasteiger partial charge in [0.15, 0.2) is 0 Å². The van der Waals surface area contributed by atoms with Crippen molar-refractivity contribution in [2.75, 3.05) is 32.6 Å². The molecule has 0 saturated heterocycles. The molecule has 0 heterocycles. The molecule has 0 atom stereocenters. The first-order valence-corrected chi connectivity index (χ1v) is 9.41. The van der Waals surface area contributed by atoms with Crippen molar-refractivity contribution in [3.63, 3.8) is 0 Å². The molecular formula is C20H22Cl2N2O4. The second kappa shape index (κ2) is 10.2. The molecule has 2 aromatic carbocycles. The Morgan fingerprint density at radius 3 is 2.46 bits per heavy atom. The molecule has 1 N–H and O–H groups in total. The molecule has 2 amide bonds. The molecule has 28 heavy (non-hydrogen) atoms. The minimum atomic E-state index is -0.382. The van der Waals surface area contributed by atoms with Gasteiger partial charge in [0.05, 0.1) is 30.5 Å². The lowest BCUT2D eigenvalue weighted by molar-refractivity contribution is -0.116. The quantitative estimate of drug-likeness (QED) is 0.676. The van der Waals surface area contributed by atoms with E-state index in [0.717, 1.165) is 0 Å². The van der Waals surface area contributed by atoms with E-state index in [1.165, 1.54) is 19.1 Å². The average molecular weight is 425 g/mol. The Morgan fingerprint density at radius 1 is 1.07 bits per heavy atom. The van der Waals surface area contributed by atoms with Crippen molar-refractivity contribution in [3.05, 3.63) is 52.0 Å². The van der Waals surface area contributed by atoms with Crippen LogP contribution in [0.3, 0.4) is 0 Å². The lowest BCUT2D eigenvalue weighted by Crippen LogP contribution is -2.38. The third kappa shape index (κ3) is 5.53. The Balaban J connectivity index is 2.21. The maximum Gasteiger partial charge on any atom is 0.258 e. The summed E-state index contributed by atoms with van der Waals surface area (Å²) in [5.74, 6) is 0.221. The van der Waals surface area contributed by atoms with Crippen LogP contribution in [-0.2, 0) is 4.79 Å². The van der Waals surface area contributed by atoms with Gasteiger partial charge in [0, 0.05) is 11.6 Å². The summed E-state index contributed by atoms with van der Waals surface area (Å²) in [6.45, 7) is 2.18. The van der Waals surface area contributed by atoms with Crippen molar-refractivity contribution >= 4 is 40.7 Å². The van der Waals surface area contributed by atoms with Crippen molar-refractivity contribution in [2.45, 2.75) is 13.3 Å². The molecule has 2 rings (SSSR count). The molecule has 0 aliphatic carbocycles. The SMILES string of the molecule is CCCN(CC(=O)Nc1cc(Cl)ccc1Cl)C(=O)c1cc(OC)ccc1OC. The van der Waals surface area contributed by atoms with E-state index in [2.05, 4.69) is 5.32 Å². The molecular weight excluding hydrogens is 403 g/mol. The number of amides is 2. The van der Waals surface area contributed by atoms with E-state index in [-0.39, 0.29) is 18.4 Å². The van der Waals surface area contributed by atoms with E-state index in [9.17, 15) is 9.59 Å². The summed E-state index contributed by atoms with van der Waals surface area (Å²) in [5.41, 5.74) is 0.714. The van der Waals surface area contributed by atoms with Gasteiger partial charge in [-0.15, -0.1) is 0 Å². The zero-order valence-corrected chi connectivity index (χ0v) is 17.4. The number of benzene rings is 2. The van der Waals surface area contributed by atoms with Crippen LogP contribution in [0.2, 0.25) is 10.0 Å². The lowest BCUT2D eigenvalue weighted by atomic mass is 10.1. The molecule has 0 aromatic heterocycles. The Morgan fingerprint density at radius 2 is 1.82 bits per heavy atom. The molecule has 2 aromatic rings. The Labute approximate surface area is 174 Å². The van der Waals surface area contributed by atoms with Crippen LogP contribution in [0.1, 0.15) is 23.7 Å². The van der Waals surface area contributed by atoms with Gasteiger partial charge < -0.3 is 19.7 Å². The smallest absolute Gasteiger partial charge is 0.258 e. The van der Waals surface area contributed by atoms with Gasteiger partial charge in [-0.05, 0) is 42.8 Å². The van der Waals surface area contributed by atoms with Crippen LogP contribution in [0.4, 0.5) is 5.69 Å². The van der Waals surface area contributed by atoms with Gasteiger partial charge in [-0.1, -0.05) is 30.1 Å². The highest BCUT2D eigenvalue weighted by atomic mass is 35.5. The number of carbonyl (C=O) groups excluding carboxylic acids is 2. The topological polar surface area (TPSA) is 67.9 Å². The number of hydrogen-bond acceptors (Lipinski definition) is 4. The summed E-state index contributed by atoms with van der Waals surface area (Å²) in [6, 6.07) is 9.72. The molecule has 0 unspecified atom stereocenters. The van der Waals surface area contributed by atoms with E-state index >= 15 is 0 Å². The van der Waals surface area contributed by atoms with Crippen molar-refractivity contribution in [2.24, 2.45) is 0 Å². The number of nitrogens with one attached hydrogen (secondary N) is 1. The van der Waals surface area contributed by atoms with Crippen LogP contribution in [0, 0.1) is 0 Å². The largest absolute Gasteiger partial charge is 0.497 e. The summed E-state index contributed by atoms with van der Waals surface area (Å²) in [6.07, 6.45) is 0.684. The van der Waals surface area contributed by atoms with Gasteiger partial charge in [0.2, 0.25) is 5.91 Å². The van der Waals surface area contributed by atoms with Gasteiger partial charge in [-0.25, -0.2) is 0 Å². The fourth-order valence-corrected chi connectivity index (χ4v) is 2.97. The van der Waals surface area contributed by atoms with Gasteiger partial charge in [-0.3, -0.25) is 9.59 Å². The highest BCUT2D eigenvalue weighted by Gasteiger charge is 2.22. The van der Waals surface area contributed by atoms with Crippen LogP contribution >= 0.6 is 23.2 Å². The zero-order valence-electron chi connectivity index (χ0n) is 15.9. The Hall–Kier alpha value is -2.44. The number of anilines is 1. The molecule has 150 valence electrons. The Kier molecular flexibility index (Phi) is 7.96. The Bertz CT molecular complexity index is 858. The maximum absolute atomic E-state index is 13.1. The molecule has 0 radical (unpaired) electrons. The van der Waals surface area contributed by atoms with Crippen LogP contribution in [-0.4, -0.2) is 44.0 Å². The number of hydrogen-bond donors (Lipinski definition) is 1. The molecule has 6 nitrogen and oxygen atoms in total. The number of ether oxygens (including phenoxy) is 2. The molecule has 0 bridgehead atoms. The van der Waals surface area contributed by atoms with Gasteiger partial charge >= 0.3 is 0 Å². The van der Waals surface area contributed by atoms with Crippen molar-refractivity contribution in [3.8, 4) is 11.5 Å². The second-order valence-electron chi connectivity index (χ2n) is 5.97. The highest BCUT2D eigenvalue weighted by Crippen LogP contribution is 2.27. The number of nitrogens with zero attached hydrogens (tertiary/aromatic N) is 1. The minimum absolute atomic E-state index is 0.143. The van der Waals surface area contributed by atoms with Crippen molar-refractivity contribution in [1.29, 1.82) is 0 Å². The summed E-state index contributed by atoms with van der Waals surface area (Å²) in [7, 11) is 3.00. The van der Waals surface area contributed by atoms with E-state index < -0.39 is 0 Å². The predicted molar refractivity (Wildman–Crippen MR) is 111 cm³/mol. The number of rotatable bonds is 8. The van der Waals surface area contributed by atoms with E-state index in [1.54, 1.807) is 36.4 Å². The molecule has 0 saturated carbocycles. The number of halogens is 2. The molecule has 0 aliphatic heterocycles.